The second kappa shape index (κ2) is 13.6. The molecule has 1 fully saturated rings. The highest BCUT2D eigenvalue weighted by molar-refractivity contribution is 14.1. The summed E-state index contributed by atoms with van der Waals surface area (Å²) in [5.41, 5.74) is 1.75. The van der Waals surface area contributed by atoms with E-state index in [9.17, 15) is 10.2 Å². The average Bonchev–Trinajstić information content (AvgIpc) is 2.83. The number of likely N-dealkylation sites (tertiary alicyclic amines) is 1. The Morgan fingerprint density at radius 3 is 2.62 bits per heavy atom. The van der Waals surface area contributed by atoms with Crippen LogP contribution in [-0.4, -0.2) is 64.9 Å². The van der Waals surface area contributed by atoms with Crippen molar-refractivity contribution in [3.8, 4) is 23.3 Å². The number of rotatable bonds is 9. The van der Waals surface area contributed by atoms with Gasteiger partial charge in [0.25, 0.3) is 0 Å². The van der Waals surface area contributed by atoms with Crippen LogP contribution in [0.15, 0.2) is 36.4 Å². The Bertz CT molecular complexity index is 995. The molecule has 0 saturated carbocycles. The minimum absolute atomic E-state index is 0.150. The van der Waals surface area contributed by atoms with Gasteiger partial charge in [-0.1, -0.05) is 43.4 Å². The second-order valence-corrected chi connectivity index (χ2v) is 10.2. The summed E-state index contributed by atoms with van der Waals surface area (Å²) in [6, 6.07) is 11.6. The van der Waals surface area contributed by atoms with Gasteiger partial charge in [0.05, 0.1) is 9.67 Å². The van der Waals surface area contributed by atoms with Gasteiger partial charge in [0.1, 0.15) is 18.1 Å². The van der Waals surface area contributed by atoms with E-state index < -0.39 is 6.10 Å². The molecule has 0 amide bonds. The third-order valence-electron chi connectivity index (χ3n) is 6.23. The zero-order valence-electron chi connectivity index (χ0n) is 19.9. The van der Waals surface area contributed by atoms with E-state index in [1.165, 1.54) is 0 Å². The highest BCUT2D eigenvalue weighted by Crippen LogP contribution is 2.28. The van der Waals surface area contributed by atoms with Crippen LogP contribution in [0.2, 0.25) is 5.02 Å². The number of aliphatic hydroxyl groups excluding tert-OH is 1. The Hall–Kier alpha value is -1.50. The number of nitrogens with zero attached hydrogens (tertiary/aromatic N) is 2. The van der Waals surface area contributed by atoms with Crippen molar-refractivity contribution in [1.82, 2.24) is 9.80 Å². The number of hydrogen-bond acceptors (Lipinski definition) is 5. The largest absolute Gasteiger partial charge is 0.507 e. The highest BCUT2D eigenvalue weighted by Gasteiger charge is 2.23. The molecule has 7 heteroatoms. The molecule has 1 aliphatic rings. The molecular formula is C27H34ClIN2O3. The summed E-state index contributed by atoms with van der Waals surface area (Å²) in [6.45, 7) is 9.60. The SMILES string of the molecule is CCN(CC)C1CCN(Cc2cc(C#CCC(O)COc3cccc(Cl)c3)cc(I)c2O)CC1. The number of benzene rings is 2. The van der Waals surface area contributed by atoms with Gasteiger partial charge in [0.2, 0.25) is 0 Å². The quantitative estimate of drug-likeness (QED) is 0.310. The molecule has 0 spiro atoms. The summed E-state index contributed by atoms with van der Waals surface area (Å²) in [5.74, 6) is 7.15. The monoisotopic (exact) mass is 596 g/mol. The minimum atomic E-state index is -0.700. The Labute approximate surface area is 222 Å². The predicted octanol–water partition coefficient (Wildman–Crippen LogP) is 5.14. The lowest BCUT2D eigenvalue weighted by atomic mass is 10.0. The predicted molar refractivity (Wildman–Crippen MR) is 146 cm³/mol. The van der Waals surface area contributed by atoms with Crippen LogP contribution in [-0.2, 0) is 6.54 Å². The van der Waals surface area contributed by atoms with E-state index in [0.717, 1.165) is 60.3 Å². The van der Waals surface area contributed by atoms with E-state index in [2.05, 4.69) is 58.1 Å². The number of phenols is 1. The van der Waals surface area contributed by atoms with Gasteiger partial charge >= 0.3 is 0 Å². The number of aromatic hydroxyl groups is 1. The van der Waals surface area contributed by atoms with Gasteiger partial charge in [0, 0.05) is 35.2 Å². The van der Waals surface area contributed by atoms with Crippen LogP contribution in [0.3, 0.4) is 0 Å². The number of ether oxygens (including phenoxy) is 1. The molecule has 0 aromatic heterocycles. The number of aliphatic hydroxyl groups is 1. The van der Waals surface area contributed by atoms with Crippen molar-refractivity contribution in [3.05, 3.63) is 56.1 Å². The molecule has 34 heavy (non-hydrogen) atoms. The number of phenolic OH excluding ortho intramolecular Hbond substituents is 1. The average molecular weight is 597 g/mol. The third kappa shape index (κ3) is 8.03. The maximum absolute atomic E-state index is 10.6. The molecule has 0 aliphatic carbocycles. The fourth-order valence-electron chi connectivity index (χ4n) is 4.35. The maximum Gasteiger partial charge on any atom is 0.133 e. The van der Waals surface area contributed by atoms with Gasteiger partial charge in [-0.25, -0.2) is 0 Å². The van der Waals surface area contributed by atoms with Crippen molar-refractivity contribution in [1.29, 1.82) is 0 Å². The number of hydrogen-bond donors (Lipinski definition) is 2. The third-order valence-corrected chi connectivity index (χ3v) is 7.29. The Balaban J connectivity index is 1.55. The molecule has 5 nitrogen and oxygen atoms in total. The van der Waals surface area contributed by atoms with Gasteiger partial charge in [0.15, 0.2) is 0 Å². The molecule has 184 valence electrons. The van der Waals surface area contributed by atoms with Crippen molar-refractivity contribution in [3.63, 3.8) is 0 Å². The molecule has 1 atom stereocenters. The molecule has 0 bridgehead atoms. The number of halogens is 2. The van der Waals surface area contributed by atoms with E-state index >= 15 is 0 Å². The minimum Gasteiger partial charge on any atom is -0.507 e. The normalized spacial score (nSPS) is 15.7. The van der Waals surface area contributed by atoms with Crippen LogP contribution in [0, 0.1) is 15.4 Å². The highest BCUT2D eigenvalue weighted by atomic mass is 127. The van der Waals surface area contributed by atoms with E-state index in [1.54, 1.807) is 24.3 Å². The molecular weight excluding hydrogens is 563 g/mol. The summed E-state index contributed by atoms with van der Waals surface area (Å²) >= 11 is 8.11. The van der Waals surface area contributed by atoms with Gasteiger partial charge in [-0.2, -0.15) is 0 Å². The first-order chi connectivity index (χ1) is 16.4. The van der Waals surface area contributed by atoms with Crippen molar-refractivity contribution in [2.24, 2.45) is 0 Å². The molecule has 2 aromatic carbocycles. The molecule has 1 unspecified atom stereocenters. The van der Waals surface area contributed by atoms with Crippen LogP contribution < -0.4 is 4.74 Å². The van der Waals surface area contributed by atoms with Crippen molar-refractivity contribution in [2.45, 2.75) is 51.8 Å². The standard InChI is InChI=1S/C27H34ClIN2O3/c1-3-31(4-2)23-11-13-30(14-12-23)18-21-15-20(16-26(29)27(21)33)7-5-9-24(32)19-34-25-10-6-8-22(28)17-25/h6,8,10,15-17,23-24,32-33H,3-4,9,11-14,18-19H2,1-2H3. The molecule has 2 N–H and O–H groups in total. The summed E-state index contributed by atoms with van der Waals surface area (Å²) in [4.78, 5) is 4.96. The molecule has 0 radical (unpaired) electrons. The van der Waals surface area contributed by atoms with Gasteiger partial charge in [-0.05, 0) is 91.9 Å². The molecule has 3 rings (SSSR count). The first kappa shape index (κ1) is 27.1. The van der Waals surface area contributed by atoms with E-state index in [1.807, 2.05) is 12.1 Å². The zero-order chi connectivity index (χ0) is 24.5. The lowest BCUT2D eigenvalue weighted by Gasteiger charge is -2.37. The fourth-order valence-corrected chi connectivity index (χ4v) is 5.21. The summed E-state index contributed by atoms with van der Waals surface area (Å²) < 4.78 is 6.38. The van der Waals surface area contributed by atoms with Crippen LogP contribution in [0.1, 0.15) is 44.2 Å². The van der Waals surface area contributed by atoms with Crippen LogP contribution in [0.4, 0.5) is 0 Å². The first-order valence-electron chi connectivity index (χ1n) is 11.9. The van der Waals surface area contributed by atoms with E-state index in [0.29, 0.717) is 29.0 Å². The first-order valence-corrected chi connectivity index (χ1v) is 13.4. The molecule has 1 heterocycles. The summed E-state index contributed by atoms with van der Waals surface area (Å²) in [7, 11) is 0. The lowest BCUT2D eigenvalue weighted by molar-refractivity contribution is 0.111. The van der Waals surface area contributed by atoms with Gasteiger partial charge in [-0.15, -0.1) is 0 Å². The van der Waals surface area contributed by atoms with Crippen LogP contribution >= 0.6 is 34.2 Å². The Morgan fingerprint density at radius 2 is 1.94 bits per heavy atom. The van der Waals surface area contributed by atoms with Crippen LogP contribution in [0.5, 0.6) is 11.5 Å². The van der Waals surface area contributed by atoms with Gasteiger partial charge in [-0.3, -0.25) is 4.90 Å². The zero-order valence-corrected chi connectivity index (χ0v) is 22.8. The van der Waals surface area contributed by atoms with Crippen molar-refractivity contribution < 1.29 is 14.9 Å². The maximum atomic E-state index is 10.6. The Kier molecular flexibility index (Phi) is 10.8. The second-order valence-electron chi connectivity index (χ2n) is 8.62. The number of piperidine rings is 1. The van der Waals surface area contributed by atoms with Crippen LogP contribution in [0.25, 0.3) is 0 Å². The summed E-state index contributed by atoms with van der Waals surface area (Å²) in [5, 5.41) is 21.4. The molecule has 2 aromatic rings. The smallest absolute Gasteiger partial charge is 0.133 e. The Morgan fingerprint density at radius 1 is 1.21 bits per heavy atom. The lowest BCUT2D eigenvalue weighted by Crippen LogP contribution is -2.44. The van der Waals surface area contributed by atoms with Crippen molar-refractivity contribution in [2.75, 3.05) is 32.8 Å². The van der Waals surface area contributed by atoms with Crippen molar-refractivity contribution >= 4 is 34.2 Å². The topological polar surface area (TPSA) is 56.2 Å². The van der Waals surface area contributed by atoms with E-state index in [4.69, 9.17) is 16.3 Å². The summed E-state index contributed by atoms with van der Waals surface area (Å²) in [6.07, 6.45) is 1.92. The van der Waals surface area contributed by atoms with Gasteiger partial charge < -0.3 is 19.8 Å². The fraction of sp³-hybridized carbons (Fsp3) is 0.481. The molecule has 1 aliphatic heterocycles. The van der Waals surface area contributed by atoms with E-state index in [-0.39, 0.29) is 6.61 Å². The molecule has 1 saturated heterocycles.